The molecule has 0 aliphatic carbocycles. The fraction of sp³-hybridized carbons (Fsp3) is 0.429. The number of Topliss-reactive ketones (excluding diaryl/α,β-unsaturated/α-hetero) is 1. The first-order valence-corrected chi connectivity index (χ1v) is 13.8. The smallest absolute Gasteiger partial charge is 0.165 e. The molecule has 194 valence electrons. The van der Waals surface area contributed by atoms with Gasteiger partial charge in [-0.25, -0.2) is 14.5 Å². The van der Waals surface area contributed by atoms with Gasteiger partial charge in [-0.3, -0.25) is 4.79 Å². The number of hydrogen-bond acceptors (Lipinski definition) is 8. The Kier molecular flexibility index (Phi) is 7.64. The van der Waals surface area contributed by atoms with Crippen LogP contribution in [0.15, 0.2) is 48.1 Å². The standard InChI is InChI=1S/C28H34N6O2S/c1-5-32(6-2)19(3)9-10-25(35)20-14-24(30-27(15-20)33-17-21(18-33)36-4)22-16-29-34-12-11-23(31-28(22)34)26-8-7-13-37-26/h7-8,11-16,19,21H,5-6,9-10,17-18H2,1-4H3/t19-/m0/s1. The Labute approximate surface area is 221 Å². The number of thiophene rings is 1. The summed E-state index contributed by atoms with van der Waals surface area (Å²) in [4.78, 5) is 28.9. The Balaban J connectivity index is 1.49. The van der Waals surface area contributed by atoms with E-state index in [1.165, 1.54) is 0 Å². The number of methoxy groups -OCH3 is 1. The third-order valence-electron chi connectivity index (χ3n) is 7.28. The Morgan fingerprint density at radius 2 is 2.00 bits per heavy atom. The number of carbonyl (C=O) groups is 1. The van der Waals surface area contributed by atoms with Crippen molar-refractivity contribution in [1.82, 2.24) is 24.5 Å². The van der Waals surface area contributed by atoms with Crippen LogP contribution in [-0.2, 0) is 4.74 Å². The summed E-state index contributed by atoms with van der Waals surface area (Å²) in [5.74, 6) is 0.927. The summed E-state index contributed by atoms with van der Waals surface area (Å²) in [5, 5.41) is 6.56. The molecule has 0 saturated carbocycles. The highest BCUT2D eigenvalue weighted by molar-refractivity contribution is 7.13. The van der Waals surface area contributed by atoms with E-state index in [2.05, 4.69) is 41.7 Å². The quantitative estimate of drug-likeness (QED) is 0.257. The molecular formula is C28H34N6O2S. The van der Waals surface area contributed by atoms with Gasteiger partial charge in [0.1, 0.15) is 5.82 Å². The zero-order valence-corrected chi connectivity index (χ0v) is 22.7. The Morgan fingerprint density at radius 3 is 2.70 bits per heavy atom. The van der Waals surface area contributed by atoms with Gasteiger partial charge in [0.25, 0.3) is 0 Å². The van der Waals surface area contributed by atoms with E-state index in [0.717, 1.165) is 60.2 Å². The second-order valence-corrected chi connectivity index (χ2v) is 10.5. The second kappa shape index (κ2) is 11.1. The highest BCUT2D eigenvalue weighted by atomic mass is 32.1. The summed E-state index contributed by atoms with van der Waals surface area (Å²) in [6.45, 7) is 10.0. The third-order valence-corrected chi connectivity index (χ3v) is 8.18. The number of fused-ring (bicyclic) bond motifs is 1. The summed E-state index contributed by atoms with van der Waals surface area (Å²) >= 11 is 1.65. The Hall–Kier alpha value is -3.14. The number of ketones is 1. The maximum Gasteiger partial charge on any atom is 0.165 e. The minimum atomic E-state index is 0.136. The van der Waals surface area contributed by atoms with Crippen LogP contribution >= 0.6 is 11.3 Å². The molecule has 0 spiro atoms. The summed E-state index contributed by atoms with van der Waals surface area (Å²) in [7, 11) is 1.73. The third kappa shape index (κ3) is 5.30. The number of ether oxygens (including phenoxy) is 1. The van der Waals surface area contributed by atoms with Crippen LogP contribution in [0.5, 0.6) is 0 Å². The number of hydrogen-bond donors (Lipinski definition) is 0. The van der Waals surface area contributed by atoms with Crippen molar-refractivity contribution in [3.05, 3.63) is 53.7 Å². The van der Waals surface area contributed by atoms with Crippen molar-refractivity contribution in [3.63, 3.8) is 0 Å². The van der Waals surface area contributed by atoms with Gasteiger partial charge in [-0.2, -0.15) is 5.10 Å². The predicted octanol–water partition coefficient (Wildman–Crippen LogP) is 5.05. The first-order chi connectivity index (χ1) is 18.0. The molecule has 0 N–H and O–H groups in total. The lowest BCUT2D eigenvalue weighted by molar-refractivity contribution is 0.0783. The number of anilines is 1. The van der Waals surface area contributed by atoms with Crippen molar-refractivity contribution in [2.75, 3.05) is 38.2 Å². The predicted molar refractivity (Wildman–Crippen MR) is 148 cm³/mol. The van der Waals surface area contributed by atoms with Crippen molar-refractivity contribution in [3.8, 4) is 21.8 Å². The van der Waals surface area contributed by atoms with Crippen molar-refractivity contribution >= 4 is 28.6 Å². The van der Waals surface area contributed by atoms with Gasteiger partial charge in [-0.1, -0.05) is 19.9 Å². The highest BCUT2D eigenvalue weighted by Crippen LogP contribution is 2.31. The molecule has 1 aliphatic heterocycles. The lowest BCUT2D eigenvalue weighted by atomic mass is 10.0. The number of pyridine rings is 1. The maximum absolute atomic E-state index is 13.4. The molecule has 0 bridgehead atoms. The molecule has 1 saturated heterocycles. The van der Waals surface area contributed by atoms with Gasteiger partial charge in [0.05, 0.1) is 34.1 Å². The summed E-state index contributed by atoms with van der Waals surface area (Å²) in [6.07, 6.45) is 5.22. The van der Waals surface area contributed by atoms with E-state index in [9.17, 15) is 4.79 Å². The molecule has 0 radical (unpaired) electrons. The van der Waals surface area contributed by atoms with Crippen LogP contribution in [-0.4, -0.2) is 75.7 Å². The van der Waals surface area contributed by atoms with Crippen LogP contribution in [0.3, 0.4) is 0 Å². The molecule has 37 heavy (non-hydrogen) atoms. The molecule has 1 aliphatic rings. The lowest BCUT2D eigenvalue weighted by Crippen LogP contribution is -2.52. The second-order valence-electron chi connectivity index (χ2n) is 9.51. The molecule has 4 aromatic heterocycles. The van der Waals surface area contributed by atoms with Gasteiger partial charge in [0.15, 0.2) is 11.4 Å². The summed E-state index contributed by atoms with van der Waals surface area (Å²) in [5.41, 5.74) is 3.83. The zero-order valence-electron chi connectivity index (χ0n) is 21.9. The normalized spacial score (nSPS) is 14.9. The highest BCUT2D eigenvalue weighted by Gasteiger charge is 2.29. The van der Waals surface area contributed by atoms with Crippen LogP contribution in [0.4, 0.5) is 5.82 Å². The average Bonchev–Trinajstić information content (AvgIpc) is 3.57. The topological polar surface area (TPSA) is 75.9 Å². The maximum atomic E-state index is 13.4. The van der Waals surface area contributed by atoms with E-state index in [1.807, 2.05) is 35.8 Å². The summed E-state index contributed by atoms with van der Waals surface area (Å²) < 4.78 is 7.23. The molecule has 4 aromatic rings. The van der Waals surface area contributed by atoms with Crippen LogP contribution in [0.1, 0.15) is 44.0 Å². The molecule has 1 fully saturated rings. The molecule has 5 rings (SSSR count). The first kappa shape index (κ1) is 25.5. The fourth-order valence-electron chi connectivity index (χ4n) is 4.88. The molecule has 0 aromatic carbocycles. The molecule has 0 unspecified atom stereocenters. The first-order valence-electron chi connectivity index (χ1n) is 13.0. The lowest BCUT2D eigenvalue weighted by Gasteiger charge is -2.39. The van der Waals surface area contributed by atoms with E-state index < -0.39 is 0 Å². The van der Waals surface area contributed by atoms with Crippen LogP contribution in [0, 0.1) is 0 Å². The van der Waals surface area contributed by atoms with E-state index in [-0.39, 0.29) is 11.9 Å². The van der Waals surface area contributed by atoms with Crippen LogP contribution in [0.2, 0.25) is 0 Å². The minimum absolute atomic E-state index is 0.136. The molecular weight excluding hydrogens is 484 g/mol. The van der Waals surface area contributed by atoms with Gasteiger partial charge in [0.2, 0.25) is 0 Å². The van der Waals surface area contributed by atoms with E-state index in [0.29, 0.717) is 23.7 Å². The molecule has 1 atom stereocenters. The van der Waals surface area contributed by atoms with Gasteiger partial charge in [-0.15, -0.1) is 11.3 Å². The number of aromatic nitrogens is 4. The zero-order chi connectivity index (χ0) is 25.9. The minimum Gasteiger partial charge on any atom is -0.378 e. The number of carbonyl (C=O) groups excluding carboxylic acids is 1. The van der Waals surface area contributed by atoms with E-state index >= 15 is 0 Å². The van der Waals surface area contributed by atoms with Crippen LogP contribution in [0.25, 0.3) is 27.5 Å². The summed E-state index contributed by atoms with van der Waals surface area (Å²) in [6, 6.07) is 10.2. The van der Waals surface area contributed by atoms with Gasteiger partial charge < -0.3 is 14.5 Å². The van der Waals surface area contributed by atoms with Crippen LogP contribution < -0.4 is 4.90 Å². The molecule has 9 heteroatoms. The van der Waals surface area contributed by atoms with Crippen molar-refractivity contribution < 1.29 is 9.53 Å². The Bertz CT molecular complexity index is 1360. The number of nitrogens with zero attached hydrogens (tertiary/aromatic N) is 6. The van der Waals surface area contributed by atoms with Crippen molar-refractivity contribution in [1.29, 1.82) is 0 Å². The van der Waals surface area contributed by atoms with Gasteiger partial charge in [-0.05, 0) is 56.1 Å². The van der Waals surface area contributed by atoms with Crippen molar-refractivity contribution in [2.24, 2.45) is 0 Å². The van der Waals surface area contributed by atoms with Gasteiger partial charge >= 0.3 is 0 Å². The SMILES string of the molecule is CCN(CC)[C@@H](C)CCC(=O)c1cc(-c2cnn3ccc(-c4cccs4)nc23)nc(N2CC(OC)C2)c1. The fourth-order valence-corrected chi connectivity index (χ4v) is 5.57. The largest absolute Gasteiger partial charge is 0.378 e. The number of rotatable bonds is 11. The van der Waals surface area contributed by atoms with E-state index in [4.69, 9.17) is 14.7 Å². The van der Waals surface area contributed by atoms with E-state index in [1.54, 1.807) is 29.2 Å². The van der Waals surface area contributed by atoms with Crippen molar-refractivity contribution in [2.45, 2.75) is 45.8 Å². The Morgan fingerprint density at radius 1 is 1.19 bits per heavy atom. The monoisotopic (exact) mass is 518 g/mol. The molecule has 8 nitrogen and oxygen atoms in total. The van der Waals surface area contributed by atoms with Gasteiger partial charge in [0, 0.05) is 44.4 Å². The average molecular weight is 519 g/mol. The molecule has 5 heterocycles. The molecule has 0 amide bonds.